The highest BCUT2D eigenvalue weighted by molar-refractivity contribution is 5.94. The molecule has 0 bridgehead atoms. The first-order valence-electron chi connectivity index (χ1n) is 9.00. The summed E-state index contributed by atoms with van der Waals surface area (Å²) in [6, 6.07) is 3.63. The Bertz CT molecular complexity index is 671. The van der Waals surface area contributed by atoms with Crippen LogP contribution in [0.2, 0.25) is 0 Å². The minimum Gasteiger partial charge on any atom is -0.493 e. The van der Waals surface area contributed by atoms with Gasteiger partial charge in [0.2, 0.25) is 11.8 Å². The number of aryl methyl sites for hydroxylation is 1. The summed E-state index contributed by atoms with van der Waals surface area (Å²) in [6.45, 7) is 8.94. The lowest BCUT2D eigenvalue weighted by molar-refractivity contribution is -0.142. The summed E-state index contributed by atoms with van der Waals surface area (Å²) >= 11 is 0. The fourth-order valence-electron chi connectivity index (χ4n) is 3.17. The number of likely N-dealkylation sites (tertiary alicyclic amines) is 1. The van der Waals surface area contributed by atoms with E-state index in [0.29, 0.717) is 37.4 Å². The van der Waals surface area contributed by atoms with E-state index < -0.39 is 0 Å². The molecule has 2 amide bonds. The van der Waals surface area contributed by atoms with Gasteiger partial charge in [0.1, 0.15) is 0 Å². The highest BCUT2D eigenvalue weighted by Crippen LogP contribution is 2.33. The highest BCUT2D eigenvalue weighted by atomic mass is 16.5. The zero-order valence-electron chi connectivity index (χ0n) is 16.6. The molecule has 0 saturated carbocycles. The average Bonchev–Trinajstić information content (AvgIpc) is 2.61. The van der Waals surface area contributed by atoms with Gasteiger partial charge in [0.15, 0.2) is 11.5 Å². The van der Waals surface area contributed by atoms with Crippen LogP contribution in [-0.2, 0) is 9.59 Å². The molecule has 144 valence electrons. The summed E-state index contributed by atoms with van der Waals surface area (Å²) in [5, 5.41) is 3.00. The fourth-order valence-corrected chi connectivity index (χ4v) is 3.17. The van der Waals surface area contributed by atoms with Crippen molar-refractivity contribution in [2.75, 3.05) is 32.6 Å². The standard InChI is InChI=1S/C20H30N2O4/c1-13-11-16(25-5)17(26-6)12-15(13)21-18(23)14-7-9-22(10-8-14)19(24)20(2,3)4/h11-12,14H,7-10H2,1-6H3,(H,21,23). The van der Waals surface area contributed by atoms with E-state index in [-0.39, 0.29) is 23.1 Å². The van der Waals surface area contributed by atoms with Crippen LogP contribution in [0.25, 0.3) is 0 Å². The Morgan fingerprint density at radius 1 is 1.08 bits per heavy atom. The number of anilines is 1. The summed E-state index contributed by atoms with van der Waals surface area (Å²) in [6.07, 6.45) is 1.36. The van der Waals surface area contributed by atoms with Crippen molar-refractivity contribution < 1.29 is 19.1 Å². The van der Waals surface area contributed by atoms with Crippen molar-refractivity contribution in [2.24, 2.45) is 11.3 Å². The van der Waals surface area contributed by atoms with Crippen molar-refractivity contribution in [3.63, 3.8) is 0 Å². The maximum absolute atomic E-state index is 12.7. The number of amides is 2. The van der Waals surface area contributed by atoms with E-state index in [1.807, 2.05) is 38.7 Å². The molecule has 2 rings (SSSR count). The molecule has 1 saturated heterocycles. The Morgan fingerprint density at radius 2 is 1.62 bits per heavy atom. The smallest absolute Gasteiger partial charge is 0.227 e. The largest absolute Gasteiger partial charge is 0.493 e. The minimum atomic E-state index is -0.383. The van der Waals surface area contributed by atoms with Crippen LogP contribution in [0, 0.1) is 18.3 Å². The quantitative estimate of drug-likeness (QED) is 0.893. The number of hydrogen-bond acceptors (Lipinski definition) is 4. The molecule has 1 aliphatic rings. The van der Waals surface area contributed by atoms with Crippen molar-refractivity contribution in [3.05, 3.63) is 17.7 Å². The molecule has 1 N–H and O–H groups in total. The van der Waals surface area contributed by atoms with Crippen LogP contribution in [0.1, 0.15) is 39.2 Å². The first-order chi connectivity index (χ1) is 12.2. The zero-order valence-corrected chi connectivity index (χ0v) is 16.6. The molecule has 0 aliphatic carbocycles. The van der Waals surface area contributed by atoms with Crippen LogP contribution in [0.15, 0.2) is 12.1 Å². The molecular formula is C20H30N2O4. The summed E-state index contributed by atoms with van der Waals surface area (Å²) in [7, 11) is 3.16. The van der Waals surface area contributed by atoms with Crippen molar-refractivity contribution in [3.8, 4) is 11.5 Å². The molecule has 0 unspecified atom stereocenters. The van der Waals surface area contributed by atoms with Crippen molar-refractivity contribution >= 4 is 17.5 Å². The van der Waals surface area contributed by atoms with Gasteiger partial charge in [-0.05, 0) is 31.4 Å². The Labute approximate surface area is 155 Å². The van der Waals surface area contributed by atoms with Gasteiger partial charge in [-0.3, -0.25) is 9.59 Å². The van der Waals surface area contributed by atoms with E-state index in [2.05, 4.69) is 5.32 Å². The third kappa shape index (κ3) is 4.48. The SMILES string of the molecule is COc1cc(C)c(NC(=O)C2CCN(C(=O)C(C)(C)C)CC2)cc1OC. The number of nitrogens with zero attached hydrogens (tertiary/aromatic N) is 1. The summed E-state index contributed by atoms with van der Waals surface area (Å²) in [5.74, 6) is 1.26. The summed E-state index contributed by atoms with van der Waals surface area (Å²) < 4.78 is 10.6. The summed E-state index contributed by atoms with van der Waals surface area (Å²) in [5.41, 5.74) is 1.25. The zero-order chi connectivity index (χ0) is 19.5. The number of carbonyl (C=O) groups excluding carboxylic acids is 2. The van der Waals surface area contributed by atoms with Crippen molar-refractivity contribution in [2.45, 2.75) is 40.5 Å². The van der Waals surface area contributed by atoms with Crippen molar-refractivity contribution in [1.29, 1.82) is 0 Å². The number of nitrogens with one attached hydrogen (secondary N) is 1. The van der Waals surface area contributed by atoms with E-state index in [0.717, 1.165) is 11.3 Å². The number of benzene rings is 1. The molecular weight excluding hydrogens is 332 g/mol. The Hall–Kier alpha value is -2.24. The second kappa shape index (κ2) is 7.98. The predicted octanol–water partition coefficient (Wildman–Crippen LogP) is 3.24. The highest BCUT2D eigenvalue weighted by Gasteiger charge is 2.32. The molecule has 6 nitrogen and oxygen atoms in total. The Morgan fingerprint density at radius 3 is 2.12 bits per heavy atom. The number of ether oxygens (including phenoxy) is 2. The lowest BCUT2D eigenvalue weighted by Crippen LogP contribution is -2.45. The first-order valence-corrected chi connectivity index (χ1v) is 9.00. The maximum Gasteiger partial charge on any atom is 0.227 e. The maximum atomic E-state index is 12.7. The predicted molar refractivity (Wildman–Crippen MR) is 102 cm³/mol. The van der Waals surface area contributed by atoms with Gasteiger partial charge in [-0.1, -0.05) is 20.8 Å². The van der Waals surface area contributed by atoms with Gasteiger partial charge in [-0.25, -0.2) is 0 Å². The van der Waals surface area contributed by atoms with Crippen molar-refractivity contribution in [1.82, 2.24) is 4.90 Å². The van der Waals surface area contributed by atoms with Gasteiger partial charge >= 0.3 is 0 Å². The molecule has 0 radical (unpaired) electrons. The second-order valence-corrected chi connectivity index (χ2v) is 7.83. The van der Waals surface area contributed by atoms with Gasteiger partial charge in [0.05, 0.1) is 14.2 Å². The Balaban J connectivity index is 2.01. The van der Waals surface area contributed by atoms with Gasteiger partial charge in [0, 0.05) is 36.2 Å². The third-order valence-corrected chi connectivity index (χ3v) is 4.78. The lowest BCUT2D eigenvalue weighted by atomic mass is 9.90. The van der Waals surface area contributed by atoms with Crippen LogP contribution in [0.4, 0.5) is 5.69 Å². The molecule has 26 heavy (non-hydrogen) atoms. The topological polar surface area (TPSA) is 67.9 Å². The van der Waals surface area contributed by atoms with E-state index in [4.69, 9.17) is 9.47 Å². The van der Waals surface area contributed by atoms with Crippen LogP contribution in [0.3, 0.4) is 0 Å². The minimum absolute atomic E-state index is 0.0109. The van der Waals surface area contributed by atoms with Gasteiger partial charge in [-0.15, -0.1) is 0 Å². The molecule has 0 aromatic heterocycles. The van der Waals surface area contributed by atoms with Crippen LogP contribution < -0.4 is 14.8 Å². The molecule has 0 spiro atoms. The number of hydrogen-bond donors (Lipinski definition) is 1. The van der Waals surface area contributed by atoms with E-state index >= 15 is 0 Å². The molecule has 0 atom stereocenters. The fraction of sp³-hybridized carbons (Fsp3) is 0.600. The van der Waals surface area contributed by atoms with Crippen LogP contribution in [-0.4, -0.2) is 44.0 Å². The molecule has 1 heterocycles. The van der Waals surface area contributed by atoms with Crippen LogP contribution >= 0.6 is 0 Å². The first kappa shape index (κ1) is 20.1. The normalized spacial score (nSPS) is 15.5. The molecule has 6 heteroatoms. The average molecular weight is 362 g/mol. The van der Waals surface area contributed by atoms with Gasteiger partial charge in [0.25, 0.3) is 0 Å². The number of methoxy groups -OCH3 is 2. The van der Waals surface area contributed by atoms with Gasteiger partial charge in [-0.2, -0.15) is 0 Å². The van der Waals surface area contributed by atoms with Gasteiger partial charge < -0.3 is 19.7 Å². The number of piperidine rings is 1. The number of carbonyl (C=O) groups is 2. The van der Waals surface area contributed by atoms with E-state index in [9.17, 15) is 9.59 Å². The second-order valence-electron chi connectivity index (χ2n) is 7.83. The monoisotopic (exact) mass is 362 g/mol. The van der Waals surface area contributed by atoms with Crippen LogP contribution in [0.5, 0.6) is 11.5 Å². The summed E-state index contributed by atoms with van der Waals surface area (Å²) in [4.78, 5) is 26.9. The third-order valence-electron chi connectivity index (χ3n) is 4.78. The lowest BCUT2D eigenvalue weighted by Gasteiger charge is -2.35. The van der Waals surface area contributed by atoms with E-state index in [1.165, 1.54) is 0 Å². The molecule has 1 aromatic carbocycles. The molecule has 1 aromatic rings. The molecule has 1 aliphatic heterocycles. The molecule has 1 fully saturated rings. The van der Waals surface area contributed by atoms with E-state index in [1.54, 1.807) is 20.3 Å². The number of rotatable bonds is 4. The Kier molecular flexibility index (Phi) is 6.16.